The lowest BCUT2D eigenvalue weighted by Gasteiger charge is -2.19. The number of aromatic nitrogens is 4. The van der Waals surface area contributed by atoms with Gasteiger partial charge in [-0.05, 0) is 47.7 Å². The zero-order valence-corrected chi connectivity index (χ0v) is 14.5. The molecule has 2 aromatic carbocycles. The molecule has 1 heterocycles. The number of nitrogens with one attached hydrogen (secondary N) is 1. The lowest BCUT2D eigenvalue weighted by atomic mass is 10.2. The number of amides is 1. The number of tetrazole rings is 1. The van der Waals surface area contributed by atoms with E-state index in [1.165, 1.54) is 5.56 Å². The second kappa shape index (κ2) is 7.12. The molecule has 0 bridgehead atoms. The van der Waals surface area contributed by atoms with E-state index in [4.69, 9.17) is 0 Å². The van der Waals surface area contributed by atoms with Crippen LogP contribution in [-0.2, 0) is 6.54 Å². The minimum atomic E-state index is -0.111. The second-order valence-corrected chi connectivity index (χ2v) is 5.83. The first-order valence-corrected chi connectivity index (χ1v) is 7.96. The van der Waals surface area contributed by atoms with Crippen LogP contribution < -0.4 is 10.2 Å². The molecule has 0 aliphatic rings. The summed E-state index contributed by atoms with van der Waals surface area (Å²) >= 11 is 0. The van der Waals surface area contributed by atoms with E-state index >= 15 is 0 Å². The van der Waals surface area contributed by atoms with Crippen molar-refractivity contribution in [3.63, 3.8) is 0 Å². The second-order valence-electron chi connectivity index (χ2n) is 5.83. The summed E-state index contributed by atoms with van der Waals surface area (Å²) in [5.74, 6) is 0.608. The van der Waals surface area contributed by atoms with E-state index in [-0.39, 0.29) is 5.91 Å². The van der Waals surface area contributed by atoms with Gasteiger partial charge in [0.15, 0.2) is 5.82 Å². The molecule has 0 spiro atoms. The Hall–Kier alpha value is -3.22. The van der Waals surface area contributed by atoms with Crippen LogP contribution in [0.5, 0.6) is 0 Å². The van der Waals surface area contributed by atoms with Crippen molar-refractivity contribution in [3.8, 4) is 5.69 Å². The summed E-state index contributed by atoms with van der Waals surface area (Å²) in [6.07, 6.45) is 0. The van der Waals surface area contributed by atoms with E-state index in [2.05, 4.69) is 20.8 Å². The van der Waals surface area contributed by atoms with Crippen molar-refractivity contribution in [3.05, 3.63) is 65.5 Å². The fourth-order valence-electron chi connectivity index (χ4n) is 2.52. The summed E-state index contributed by atoms with van der Waals surface area (Å²) in [5.41, 5.74) is 3.63. The van der Waals surface area contributed by atoms with E-state index in [9.17, 15) is 4.79 Å². The zero-order chi connectivity index (χ0) is 17.8. The normalized spacial score (nSPS) is 10.5. The Kier molecular flexibility index (Phi) is 4.74. The summed E-state index contributed by atoms with van der Waals surface area (Å²) in [7, 11) is 3.56. The molecule has 0 radical (unpaired) electrons. The molecule has 0 atom stereocenters. The van der Waals surface area contributed by atoms with E-state index in [1.54, 1.807) is 17.8 Å². The Labute approximate surface area is 146 Å². The van der Waals surface area contributed by atoms with Gasteiger partial charge in [0.25, 0.3) is 5.91 Å². The number of hydrogen-bond acceptors (Lipinski definition) is 5. The molecule has 7 nitrogen and oxygen atoms in total. The number of carbonyl (C=O) groups is 1. The van der Waals surface area contributed by atoms with Gasteiger partial charge in [-0.3, -0.25) is 4.79 Å². The fourth-order valence-corrected chi connectivity index (χ4v) is 2.52. The maximum absolute atomic E-state index is 11.8. The third-order valence-electron chi connectivity index (χ3n) is 3.97. The molecule has 3 rings (SSSR count). The highest BCUT2D eigenvalue weighted by Gasteiger charge is 2.12. The standard InChI is InChI=1S/C18H20N6O/c1-13-7-9-15(10-8-13)24-17(20-21-22-24)12-23(3)16-6-4-5-14(11-16)18(25)19-2/h4-11H,12H2,1-3H3,(H,19,25). The van der Waals surface area contributed by atoms with Gasteiger partial charge in [0.05, 0.1) is 12.2 Å². The monoisotopic (exact) mass is 336 g/mol. The molecule has 1 aromatic heterocycles. The van der Waals surface area contributed by atoms with Gasteiger partial charge >= 0.3 is 0 Å². The fraction of sp³-hybridized carbons (Fsp3) is 0.222. The summed E-state index contributed by atoms with van der Waals surface area (Å²) in [4.78, 5) is 13.8. The molecule has 128 valence electrons. The van der Waals surface area contributed by atoms with Crippen LogP contribution in [0.2, 0.25) is 0 Å². The first kappa shape index (κ1) is 16.6. The molecule has 0 aliphatic carbocycles. The van der Waals surface area contributed by atoms with Gasteiger partial charge in [-0.25, -0.2) is 0 Å². The van der Waals surface area contributed by atoms with Crippen molar-refractivity contribution in [1.82, 2.24) is 25.5 Å². The molecule has 0 saturated heterocycles. The Balaban J connectivity index is 1.83. The van der Waals surface area contributed by atoms with Gasteiger partial charge < -0.3 is 10.2 Å². The van der Waals surface area contributed by atoms with Crippen LogP contribution in [0.4, 0.5) is 5.69 Å². The molecular weight excluding hydrogens is 316 g/mol. The van der Waals surface area contributed by atoms with Crippen LogP contribution in [0.25, 0.3) is 5.69 Å². The van der Waals surface area contributed by atoms with E-state index in [0.29, 0.717) is 12.1 Å². The number of carbonyl (C=O) groups excluding carboxylic acids is 1. The van der Waals surface area contributed by atoms with Gasteiger partial charge in [0.2, 0.25) is 0 Å². The van der Waals surface area contributed by atoms with Crippen LogP contribution >= 0.6 is 0 Å². The molecule has 0 saturated carbocycles. The predicted molar refractivity (Wildman–Crippen MR) is 95.8 cm³/mol. The number of anilines is 1. The topological polar surface area (TPSA) is 75.9 Å². The average molecular weight is 336 g/mol. The highest BCUT2D eigenvalue weighted by atomic mass is 16.1. The van der Waals surface area contributed by atoms with Crippen molar-refractivity contribution < 1.29 is 4.79 Å². The molecule has 1 amide bonds. The van der Waals surface area contributed by atoms with Crippen LogP contribution in [0.15, 0.2) is 48.5 Å². The first-order valence-electron chi connectivity index (χ1n) is 7.96. The average Bonchev–Trinajstić information content (AvgIpc) is 3.09. The molecule has 1 N–H and O–H groups in total. The van der Waals surface area contributed by atoms with Crippen molar-refractivity contribution in [2.75, 3.05) is 19.0 Å². The van der Waals surface area contributed by atoms with Gasteiger partial charge in [0, 0.05) is 25.3 Å². The Morgan fingerprint density at radius 3 is 2.68 bits per heavy atom. The number of hydrogen-bond donors (Lipinski definition) is 1. The van der Waals surface area contributed by atoms with Crippen molar-refractivity contribution in [2.45, 2.75) is 13.5 Å². The minimum Gasteiger partial charge on any atom is -0.367 e. The van der Waals surface area contributed by atoms with E-state index < -0.39 is 0 Å². The molecule has 0 unspecified atom stereocenters. The van der Waals surface area contributed by atoms with Gasteiger partial charge in [-0.2, -0.15) is 4.68 Å². The van der Waals surface area contributed by atoms with Crippen LogP contribution in [0.1, 0.15) is 21.7 Å². The summed E-state index contributed by atoms with van der Waals surface area (Å²) in [5, 5.41) is 14.7. The maximum Gasteiger partial charge on any atom is 0.251 e. The Bertz CT molecular complexity index is 871. The largest absolute Gasteiger partial charge is 0.367 e. The van der Waals surface area contributed by atoms with Crippen LogP contribution in [-0.4, -0.2) is 40.2 Å². The number of aryl methyl sites for hydroxylation is 1. The Morgan fingerprint density at radius 2 is 1.96 bits per heavy atom. The highest BCUT2D eigenvalue weighted by molar-refractivity contribution is 5.94. The van der Waals surface area contributed by atoms with Crippen molar-refractivity contribution in [1.29, 1.82) is 0 Å². The lowest BCUT2D eigenvalue weighted by molar-refractivity contribution is 0.0963. The van der Waals surface area contributed by atoms with E-state index in [1.807, 2.05) is 61.3 Å². The maximum atomic E-state index is 11.8. The minimum absolute atomic E-state index is 0.111. The van der Waals surface area contributed by atoms with Crippen LogP contribution in [0, 0.1) is 6.92 Å². The zero-order valence-electron chi connectivity index (χ0n) is 14.5. The number of nitrogens with zero attached hydrogens (tertiary/aromatic N) is 5. The van der Waals surface area contributed by atoms with Gasteiger partial charge in [-0.1, -0.05) is 23.8 Å². The molecule has 0 fully saturated rings. The van der Waals surface area contributed by atoms with E-state index in [0.717, 1.165) is 17.2 Å². The molecule has 25 heavy (non-hydrogen) atoms. The third kappa shape index (κ3) is 3.65. The third-order valence-corrected chi connectivity index (χ3v) is 3.97. The molecule has 7 heteroatoms. The van der Waals surface area contributed by atoms with Gasteiger partial charge in [0.1, 0.15) is 0 Å². The quantitative estimate of drug-likeness (QED) is 0.771. The summed E-state index contributed by atoms with van der Waals surface area (Å²) in [6.45, 7) is 2.55. The molecule has 0 aliphatic heterocycles. The number of rotatable bonds is 5. The lowest BCUT2D eigenvalue weighted by Crippen LogP contribution is -2.21. The predicted octanol–water partition coefficient (Wildman–Crippen LogP) is 1.97. The van der Waals surface area contributed by atoms with Crippen molar-refractivity contribution >= 4 is 11.6 Å². The van der Waals surface area contributed by atoms with Gasteiger partial charge in [-0.15, -0.1) is 5.10 Å². The van der Waals surface area contributed by atoms with Crippen LogP contribution in [0.3, 0.4) is 0 Å². The van der Waals surface area contributed by atoms with Crippen molar-refractivity contribution in [2.24, 2.45) is 0 Å². The Morgan fingerprint density at radius 1 is 1.20 bits per heavy atom. The molecule has 3 aromatic rings. The summed E-state index contributed by atoms with van der Waals surface area (Å²) in [6, 6.07) is 15.5. The number of benzene rings is 2. The highest BCUT2D eigenvalue weighted by Crippen LogP contribution is 2.18. The molecular formula is C18H20N6O. The SMILES string of the molecule is CNC(=O)c1cccc(N(C)Cc2nnnn2-c2ccc(C)cc2)c1. The smallest absolute Gasteiger partial charge is 0.251 e. The summed E-state index contributed by atoms with van der Waals surface area (Å²) < 4.78 is 1.72. The first-order chi connectivity index (χ1) is 12.1.